The largest absolute Gasteiger partial charge is 0.326 e. The third-order valence-electron chi connectivity index (χ3n) is 5.52. The van der Waals surface area contributed by atoms with E-state index < -0.39 is 0 Å². The summed E-state index contributed by atoms with van der Waals surface area (Å²) >= 11 is 5.36. The van der Waals surface area contributed by atoms with Gasteiger partial charge in [-0.25, -0.2) is 4.98 Å². The van der Waals surface area contributed by atoms with Crippen molar-refractivity contribution in [2.45, 2.75) is 38.6 Å². The number of H-pyrrole nitrogens is 2. The molecule has 8 nitrogen and oxygen atoms in total. The van der Waals surface area contributed by atoms with E-state index in [9.17, 15) is 4.79 Å². The highest BCUT2D eigenvalue weighted by molar-refractivity contribution is 7.71. The molecule has 3 N–H and O–H groups in total. The van der Waals surface area contributed by atoms with Gasteiger partial charge in [0.2, 0.25) is 5.91 Å². The molecule has 1 fully saturated rings. The van der Waals surface area contributed by atoms with Crippen molar-refractivity contribution >= 4 is 23.8 Å². The van der Waals surface area contributed by atoms with Crippen LogP contribution < -0.4 is 5.32 Å². The van der Waals surface area contributed by atoms with Gasteiger partial charge < -0.3 is 5.32 Å². The predicted octanol–water partition coefficient (Wildman–Crippen LogP) is 4.61. The molecule has 9 heteroatoms. The number of nitrogens with one attached hydrogen (secondary N) is 3. The number of nitrogens with zero attached hydrogens (tertiary/aromatic N) is 4. The van der Waals surface area contributed by atoms with Crippen LogP contribution in [0.2, 0.25) is 0 Å². The standard InChI is InChI=1S/C23H23N7OS/c1-14-2-4-17(5-3-14)22-28-29-23(32)30(22)13-12-19(31)24-18-10-8-16(9-11-18)21-25-20(26-27-21)15-6-7-15/h2-5,8-11,15H,6-7,12-13H2,1H3,(H,24,31)(H,29,32)(H,25,26,27). The summed E-state index contributed by atoms with van der Waals surface area (Å²) in [7, 11) is 0. The Morgan fingerprint density at radius 1 is 1.06 bits per heavy atom. The topological polar surface area (TPSA) is 104 Å². The summed E-state index contributed by atoms with van der Waals surface area (Å²) in [6.45, 7) is 2.47. The van der Waals surface area contributed by atoms with Crippen molar-refractivity contribution in [3.05, 3.63) is 64.7 Å². The van der Waals surface area contributed by atoms with Crippen LogP contribution in [0.1, 0.15) is 36.6 Å². The van der Waals surface area contributed by atoms with E-state index in [1.54, 1.807) is 0 Å². The second-order valence-electron chi connectivity index (χ2n) is 8.06. The number of carbonyl (C=O) groups is 1. The minimum absolute atomic E-state index is 0.0929. The third-order valence-corrected chi connectivity index (χ3v) is 5.84. The number of hydrogen-bond acceptors (Lipinski definition) is 5. The molecule has 0 radical (unpaired) electrons. The van der Waals surface area contributed by atoms with Gasteiger partial charge in [0.1, 0.15) is 5.82 Å². The van der Waals surface area contributed by atoms with Gasteiger partial charge in [-0.05, 0) is 56.2 Å². The number of aryl methyl sites for hydroxylation is 1. The van der Waals surface area contributed by atoms with Crippen LogP contribution in [0.5, 0.6) is 0 Å². The van der Waals surface area contributed by atoms with Gasteiger partial charge in [-0.15, -0.1) is 0 Å². The predicted molar refractivity (Wildman–Crippen MR) is 125 cm³/mol. The van der Waals surface area contributed by atoms with Crippen molar-refractivity contribution in [1.82, 2.24) is 29.9 Å². The van der Waals surface area contributed by atoms with Crippen LogP contribution >= 0.6 is 12.2 Å². The zero-order valence-corrected chi connectivity index (χ0v) is 18.4. The Labute approximate surface area is 190 Å². The maximum absolute atomic E-state index is 12.5. The lowest BCUT2D eigenvalue weighted by molar-refractivity contribution is -0.116. The number of carbonyl (C=O) groups excluding carboxylic acids is 1. The van der Waals surface area contributed by atoms with Gasteiger partial charge in [0.15, 0.2) is 16.4 Å². The lowest BCUT2D eigenvalue weighted by atomic mass is 10.1. The summed E-state index contributed by atoms with van der Waals surface area (Å²) in [6, 6.07) is 15.6. The molecule has 32 heavy (non-hydrogen) atoms. The Hall–Kier alpha value is -3.59. The highest BCUT2D eigenvalue weighted by Gasteiger charge is 2.27. The molecule has 2 heterocycles. The van der Waals surface area contributed by atoms with E-state index in [0.29, 0.717) is 23.1 Å². The van der Waals surface area contributed by atoms with E-state index in [1.807, 2.05) is 60.0 Å². The molecule has 0 bridgehead atoms. The Kier molecular flexibility index (Phi) is 5.40. The molecule has 0 spiro atoms. The van der Waals surface area contributed by atoms with Gasteiger partial charge in [-0.3, -0.25) is 19.6 Å². The fourth-order valence-corrected chi connectivity index (χ4v) is 3.75. The number of anilines is 1. The van der Waals surface area contributed by atoms with E-state index in [2.05, 4.69) is 30.7 Å². The second kappa shape index (κ2) is 8.51. The first-order valence-corrected chi connectivity index (χ1v) is 11.0. The molecule has 1 saturated carbocycles. The molecule has 1 amide bonds. The van der Waals surface area contributed by atoms with Gasteiger partial charge in [0.25, 0.3) is 0 Å². The molecule has 0 atom stereocenters. The Morgan fingerprint density at radius 3 is 2.50 bits per heavy atom. The summed E-state index contributed by atoms with van der Waals surface area (Å²) in [5, 5.41) is 17.4. The molecule has 0 saturated heterocycles. The summed E-state index contributed by atoms with van der Waals surface area (Å²) in [4.78, 5) is 17.1. The minimum Gasteiger partial charge on any atom is -0.326 e. The number of hydrogen-bond donors (Lipinski definition) is 3. The number of aromatic nitrogens is 6. The van der Waals surface area contributed by atoms with Crippen molar-refractivity contribution < 1.29 is 4.79 Å². The van der Waals surface area contributed by atoms with Crippen molar-refractivity contribution in [3.8, 4) is 22.8 Å². The van der Waals surface area contributed by atoms with Crippen molar-refractivity contribution in [3.63, 3.8) is 0 Å². The van der Waals surface area contributed by atoms with Gasteiger partial charge >= 0.3 is 0 Å². The van der Waals surface area contributed by atoms with Gasteiger partial charge in [0, 0.05) is 35.7 Å². The molecular formula is C23H23N7OS. The van der Waals surface area contributed by atoms with Crippen LogP contribution in [0.25, 0.3) is 22.8 Å². The van der Waals surface area contributed by atoms with Crippen LogP contribution in [-0.2, 0) is 11.3 Å². The van der Waals surface area contributed by atoms with Crippen LogP contribution in [0.3, 0.4) is 0 Å². The second-order valence-corrected chi connectivity index (χ2v) is 8.45. The molecule has 4 aromatic rings. The van der Waals surface area contributed by atoms with Crippen LogP contribution in [0.15, 0.2) is 48.5 Å². The SMILES string of the molecule is Cc1ccc(-c2n[nH]c(=S)n2CCC(=O)Nc2ccc(-c3n[nH]c(C4CC4)n3)cc2)cc1. The molecular weight excluding hydrogens is 422 g/mol. The zero-order chi connectivity index (χ0) is 22.1. The van der Waals surface area contributed by atoms with Crippen LogP contribution in [-0.4, -0.2) is 35.9 Å². The fraction of sp³-hybridized carbons (Fsp3) is 0.261. The average Bonchev–Trinajstić information content (AvgIpc) is 3.41. The van der Waals surface area contributed by atoms with E-state index in [4.69, 9.17) is 12.2 Å². The Bertz CT molecular complexity index is 1300. The van der Waals surface area contributed by atoms with Crippen LogP contribution in [0, 0.1) is 11.7 Å². The van der Waals surface area contributed by atoms with E-state index in [1.165, 1.54) is 18.4 Å². The van der Waals surface area contributed by atoms with Crippen molar-refractivity contribution in [2.75, 3.05) is 5.32 Å². The van der Waals surface area contributed by atoms with Crippen molar-refractivity contribution in [1.29, 1.82) is 0 Å². The molecule has 0 aliphatic heterocycles. The highest BCUT2D eigenvalue weighted by Crippen LogP contribution is 2.38. The monoisotopic (exact) mass is 445 g/mol. The zero-order valence-electron chi connectivity index (χ0n) is 17.6. The molecule has 1 aliphatic carbocycles. The lowest BCUT2D eigenvalue weighted by Crippen LogP contribution is -2.15. The van der Waals surface area contributed by atoms with Gasteiger partial charge in [0.05, 0.1) is 0 Å². The first kappa shape index (κ1) is 20.3. The highest BCUT2D eigenvalue weighted by atomic mass is 32.1. The fourth-order valence-electron chi connectivity index (χ4n) is 3.53. The number of rotatable bonds is 7. The van der Waals surface area contributed by atoms with E-state index in [-0.39, 0.29) is 12.3 Å². The molecule has 0 unspecified atom stereocenters. The lowest BCUT2D eigenvalue weighted by Gasteiger charge is -2.09. The maximum atomic E-state index is 12.5. The van der Waals surface area contributed by atoms with Crippen molar-refractivity contribution in [2.24, 2.45) is 0 Å². The Balaban J connectivity index is 1.21. The van der Waals surface area contributed by atoms with Gasteiger partial charge in [-0.1, -0.05) is 29.8 Å². The third kappa shape index (κ3) is 4.38. The first-order valence-electron chi connectivity index (χ1n) is 10.6. The van der Waals surface area contributed by atoms with Gasteiger partial charge in [-0.2, -0.15) is 10.2 Å². The maximum Gasteiger partial charge on any atom is 0.226 e. The smallest absolute Gasteiger partial charge is 0.226 e. The molecule has 2 aromatic carbocycles. The van der Waals surface area contributed by atoms with E-state index in [0.717, 1.165) is 28.5 Å². The summed E-state index contributed by atoms with van der Waals surface area (Å²) < 4.78 is 2.35. The number of aromatic amines is 2. The number of benzene rings is 2. The summed E-state index contributed by atoms with van der Waals surface area (Å²) in [6.07, 6.45) is 2.63. The normalized spacial score (nSPS) is 13.3. The quantitative estimate of drug-likeness (QED) is 0.361. The molecule has 2 aromatic heterocycles. The molecule has 1 aliphatic rings. The minimum atomic E-state index is -0.0929. The van der Waals surface area contributed by atoms with E-state index >= 15 is 0 Å². The number of amides is 1. The van der Waals surface area contributed by atoms with Crippen LogP contribution in [0.4, 0.5) is 5.69 Å². The molecule has 162 valence electrons. The Morgan fingerprint density at radius 2 is 1.78 bits per heavy atom. The summed E-state index contributed by atoms with van der Waals surface area (Å²) in [5.74, 6) is 2.81. The first-order chi connectivity index (χ1) is 15.6. The summed E-state index contributed by atoms with van der Waals surface area (Å²) in [5.41, 5.74) is 3.77. The molecule has 5 rings (SSSR count). The average molecular weight is 446 g/mol.